The van der Waals surface area contributed by atoms with Gasteiger partial charge in [-0.3, -0.25) is 4.79 Å². The summed E-state index contributed by atoms with van der Waals surface area (Å²) >= 11 is 1.34. The Hall–Kier alpha value is -3.26. The lowest BCUT2D eigenvalue weighted by molar-refractivity contribution is -0.115. The van der Waals surface area contributed by atoms with Gasteiger partial charge in [0.2, 0.25) is 5.91 Å². The molecule has 28 heavy (non-hydrogen) atoms. The molecular weight excluding hydrogens is 376 g/mol. The van der Waals surface area contributed by atoms with Gasteiger partial charge in [0.1, 0.15) is 16.8 Å². The molecule has 4 aromatic rings. The van der Waals surface area contributed by atoms with E-state index >= 15 is 0 Å². The molecule has 2 aromatic heterocycles. The van der Waals surface area contributed by atoms with Crippen LogP contribution in [0, 0.1) is 6.92 Å². The molecule has 2 aromatic carbocycles. The quantitative estimate of drug-likeness (QED) is 0.473. The monoisotopic (exact) mass is 394 g/mol. The molecule has 0 bridgehead atoms. The van der Waals surface area contributed by atoms with Crippen LogP contribution >= 0.6 is 11.8 Å². The molecule has 142 valence electrons. The number of aromatic amines is 1. The number of nitrogens with one attached hydrogen (secondary N) is 2. The fourth-order valence-corrected chi connectivity index (χ4v) is 3.78. The van der Waals surface area contributed by atoms with E-state index in [1.54, 1.807) is 20.1 Å². The summed E-state index contributed by atoms with van der Waals surface area (Å²) in [6.45, 7) is 1.77. The van der Waals surface area contributed by atoms with Gasteiger partial charge in [0.15, 0.2) is 11.0 Å². The number of fused-ring (bicyclic) bond motifs is 1. The molecule has 7 nitrogen and oxygen atoms in total. The number of imidazole rings is 1. The van der Waals surface area contributed by atoms with Crippen LogP contribution < -0.4 is 10.1 Å². The van der Waals surface area contributed by atoms with Gasteiger partial charge in [-0.05, 0) is 24.6 Å². The van der Waals surface area contributed by atoms with Crippen molar-refractivity contribution in [2.24, 2.45) is 0 Å². The van der Waals surface area contributed by atoms with Gasteiger partial charge >= 0.3 is 0 Å². The van der Waals surface area contributed by atoms with E-state index in [1.807, 2.05) is 48.5 Å². The summed E-state index contributed by atoms with van der Waals surface area (Å²) in [5.41, 5.74) is 2.52. The maximum absolute atomic E-state index is 13.0. The van der Waals surface area contributed by atoms with Crippen LogP contribution in [-0.4, -0.2) is 28.1 Å². The van der Waals surface area contributed by atoms with Crippen LogP contribution in [0.3, 0.4) is 0 Å². The van der Waals surface area contributed by atoms with Crippen molar-refractivity contribution in [1.82, 2.24) is 15.1 Å². The number of amides is 1. The molecular formula is C20H18N4O3S. The Morgan fingerprint density at radius 3 is 2.75 bits per heavy atom. The number of carbonyl (C=O) groups excluding carboxylic acids is 1. The van der Waals surface area contributed by atoms with Crippen molar-refractivity contribution in [2.75, 3.05) is 12.4 Å². The van der Waals surface area contributed by atoms with Crippen LogP contribution in [0.4, 0.5) is 5.82 Å². The lowest BCUT2D eigenvalue weighted by Gasteiger charge is -2.14. The van der Waals surface area contributed by atoms with E-state index < -0.39 is 5.25 Å². The average Bonchev–Trinajstić information content (AvgIpc) is 3.31. The van der Waals surface area contributed by atoms with Crippen molar-refractivity contribution in [3.63, 3.8) is 0 Å². The Morgan fingerprint density at radius 2 is 2.04 bits per heavy atom. The predicted octanol–water partition coefficient (Wildman–Crippen LogP) is 4.34. The standard InChI is InChI=1S/C20H18N4O3S/c1-12-10-17(24-27-12)23-19(25)18(13-6-4-3-5-7-13)28-20-21-15-9-8-14(26-2)11-16(15)22-20/h3-11,18H,1-2H3,(H,21,22)(H,23,24,25). The number of thioether (sulfide) groups is 1. The number of nitrogens with zero attached hydrogens (tertiary/aromatic N) is 2. The van der Waals surface area contributed by atoms with E-state index in [0.717, 1.165) is 22.3 Å². The second-order valence-electron chi connectivity index (χ2n) is 6.15. The summed E-state index contributed by atoms with van der Waals surface area (Å²) in [7, 11) is 1.62. The van der Waals surface area contributed by atoms with Gasteiger partial charge in [-0.2, -0.15) is 0 Å². The van der Waals surface area contributed by atoms with Gasteiger partial charge in [0.25, 0.3) is 0 Å². The third-order valence-electron chi connectivity index (χ3n) is 4.12. The van der Waals surface area contributed by atoms with E-state index in [9.17, 15) is 4.79 Å². The number of H-pyrrole nitrogens is 1. The number of hydrogen-bond acceptors (Lipinski definition) is 6. The zero-order chi connectivity index (χ0) is 19.5. The number of aromatic nitrogens is 3. The van der Waals surface area contributed by atoms with Crippen LogP contribution in [0.25, 0.3) is 11.0 Å². The number of anilines is 1. The molecule has 2 heterocycles. The first-order valence-electron chi connectivity index (χ1n) is 8.62. The summed E-state index contributed by atoms with van der Waals surface area (Å²) in [4.78, 5) is 20.8. The molecule has 0 saturated heterocycles. The Bertz CT molecular complexity index is 1110. The van der Waals surface area contributed by atoms with E-state index in [0.29, 0.717) is 16.7 Å². The smallest absolute Gasteiger partial charge is 0.243 e. The molecule has 0 fully saturated rings. The number of benzene rings is 2. The Labute approximate surface area is 165 Å². The van der Waals surface area contributed by atoms with E-state index in [4.69, 9.17) is 9.26 Å². The second-order valence-corrected chi connectivity index (χ2v) is 7.24. The average molecular weight is 394 g/mol. The molecule has 1 atom stereocenters. The highest BCUT2D eigenvalue weighted by Crippen LogP contribution is 2.36. The first-order valence-corrected chi connectivity index (χ1v) is 9.50. The Kier molecular flexibility index (Phi) is 5.03. The van der Waals surface area contributed by atoms with Crippen molar-refractivity contribution >= 4 is 34.5 Å². The van der Waals surface area contributed by atoms with Gasteiger partial charge in [-0.1, -0.05) is 47.3 Å². The fourth-order valence-electron chi connectivity index (χ4n) is 2.78. The first-order chi connectivity index (χ1) is 13.6. The minimum Gasteiger partial charge on any atom is -0.497 e. The largest absolute Gasteiger partial charge is 0.497 e. The predicted molar refractivity (Wildman–Crippen MR) is 108 cm³/mol. The van der Waals surface area contributed by atoms with Crippen molar-refractivity contribution in [3.05, 3.63) is 65.9 Å². The van der Waals surface area contributed by atoms with Gasteiger partial charge in [0.05, 0.1) is 18.1 Å². The zero-order valence-corrected chi connectivity index (χ0v) is 16.1. The third kappa shape index (κ3) is 3.86. The second kappa shape index (κ2) is 7.77. The molecule has 0 aliphatic heterocycles. The molecule has 2 N–H and O–H groups in total. The Morgan fingerprint density at radius 1 is 1.21 bits per heavy atom. The summed E-state index contributed by atoms with van der Waals surface area (Å²) in [6, 6.07) is 16.8. The molecule has 0 aliphatic rings. The normalized spacial score (nSPS) is 12.1. The highest BCUT2D eigenvalue weighted by Gasteiger charge is 2.24. The first kappa shape index (κ1) is 18.1. The summed E-state index contributed by atoms with van der Waals surface area (Å²) in [6.07, 6.45) is 0. The van der Waals surface area contributed by atoms with E-state index in [-0.39, 0.29) is 5.91 Å². The maximum Gasteiger partial charge on any atom is 0.243 e. The van der Waals surface area contributed by atoms with Crippen LogP contribution in [0.1, 0.15) is 16.6 Å². The van der Waals surface area contributed by atoms with E-state index in [1.165, 1.54) is 11.8 Å². The van der Waals surface area contributed by atoms with Crippen molar-refractivity contribution in [3.8, 4) is 5.75 Å². The van der Waals surface area contributed by atoms with Gasteiger partial charge in [0, 0.05) is 12.1 Å². The number of aryl methyl sites for hydroxylation is 1. The van der Waals surface area contributed by atoms with E-state index in [2.05, 4.69) is 20.4 Å². The van der Waals surface area contributed by atoms with Crippen molar-refractivity contribution in [2.45, 2.75) is 17.3 Å². The lowest BCUT2D eigenvalue weighted by atomic mass is 10.1. The zero-order valence-electron chi connectivity index (χ0n) is 15.3. The third-order valence-corrected chi connectivity index (χ3v) is 5.26. The molecule has 8 heteroatoms. The molecule has 1 amide bonds. The molecule has 0 aliphatic carbocycles. The lowest BCUT2D eigenvalue weighted by Crippen LogP contribution is -2.19. The minimum atomic E-state index is -0.513. The molecule has 0 radical (unpaired) electrons. The van der Waals surface area contributed by atoms with Gasteiger partial charge < -0.3 is 19.6 Å². The molecule has 0 saturated carbocycles. The number of carbonyl (C=O) groups is 1. The van der Waals surface area contributed by atoms with Crippen molar-refractivity contribution in [1.29, 1.82) is 0 Å². The van der Waals surface area contributed by atoms with Crippen LogP contribution in [0.2, 0.25) is 0 Å². The SMILES string of the molecule is COc1ccc2nc(SC(C(=O)Nc3cc(C)on3)c3ccccc3)[nH]c2c1. The fraction of sp³-hybridized carbons (Fsp3) is 0.150. The molecule has 0 spiro atoms. The summed E-state index contributed by atoms with van der Waals surface area (Å²) in [5.74, 6) is 1.55. The molecule has 1 unspecified atom stereocenters. The highest BCUT2D eigenvalue weighted by atomic mass is 32.2. The number of ether oxygens (including phenoxy) is 1. The van der Waals surface area contributed by atoms with Gasteiger partial charge in [-0.15, -0.1) is 0 Å². The minimum absolute atomic E-state index is 0.206. The van der Waals surface area contributed by atoms with Crippen molar-refractivity contribution < 1.29 is 14.1 Å². The summed E-state index contributed by atoms with van der Waals surface area (Å²) in [5, 5.41) is 6.78. The van der Waals surface area contributed by atoms with Crippen LogP contribution in [0.5, 0.6) is 5.75 Å². The number of rotatable bonds is 6. The van der Waals surface area contributed by atoms with Gasteiger partial charge in [-0.25, -0.2) is 4.98 Å². The van der Waals surface area contributed by atoms with Crippen LogP contribution in [-0.2, 0) is 4.79 Å². The number of hydrogen-bond donors (Lipinski definition) is 2. The molecule has 4 rings (SSSR count). The summed E-state index contributed by atoms with van der Waals surface area (Å²) < 4.78 is 10.3. The number of methoxy groups -OCH3 is 1. The van der Waals surface area contributed by atoms with Crippen LogP contribution in [0.15, 0.2) is 64.3 Å². The highest BCUT2D eigenvalue weighted by molar-refractivity contribution is 8.00. The topological polar surface area (TPSA) is 93.0 Å². The Balaban J connectivity index is 1.63. The maximum atomic E-state index is 13.0.